The molecule has 1 aliphatic heterocycles. The summed E-state index contributed by atoms with van der Waals surface area (Å²) < 4.78 is 78.2. The van der Waals surface area contributed by atoms with Crippen molar-refractivity contribution in [3.8, 4) is 16.9 Å². The van der Waals surface area contributed by atoms with Crippen LogP contribution >= 0.6 is 27.3 Å². The third-order valence-electron chi connectivity index (χ3n) is 6.92. The van der Waals surface area contributed by atoms with Gasteiger partial charge in [-0.05, 0) is 53.2 Å². The van der Waals surface area contributed by atoms with Gasteiger partial charge in [-0.15, -0.1) is 26.6 Å². The number of aliphatic hydroxyl groups is 3. The molecule has 2 aromatic carbocycles. The molecule has 11 nitrogen and oxygen atoms in total. The molecule has 0 bridgehead atoms. The third kappa shape index (κ3) is 5.21. The van der Waals surface area contributed by atoms with E-state index in [-0.39, 0.29) is 21.4 Å². The standard InChI is InChI=1S/C25H19BrF5N7O4S/c1-9-32-14-3-2-11(6-17(14)43-9)38-23(34-35-24(38)25(29,30)31)22-21(41)19(20(40)16(8-39)42-22)37-7-15(33-36-37)10-4-12(27)18(26)13(28)5-10/h2-7,16,19-22,39-41H,8H2,1H3/t16-,19+,20+,21-,22-/m1/s1. The van der Waals surface area contributed by atoms with Crippen LogP contribution in [0, 0.1) is 18.6 Å². The predicted molar refractivity (Wildman–Crippen MR) is 143 cm³/mol. The molecule has 0 radical (unpaired) electrons. The summed E-state index contributed by atoms with van der Waals surface area (Å²) in [7, 11) is 0. The number of fused-ring (bicyclic) bond motifs is 1. The van der Waals surface area contributed by atoms with Gasteiger partial charge < -0.3 is 20.1 Å². The van der Waals surface area contributed by atoms with Crippen LogP contribution < -0.4 is 0 Å². The fourth-order valence-corrected chi connectivity index (χ4v) is 6.06. The number of aliphatic hydroxyl groups excluding tert-OH is 3. The van der Waals surface area contributed by atoms with Crippen molar-refractivity contribution in [1.82, 2.24) is 34.7 Å². The first-order valence-electron chi connectivity index (χ1n) is 12.5. The molecular weight excluding hydrogens is 669 g/mol. The molecule has 1 saturated heterocycles. The topological polar surface area (TPSA) is 144 Å². The fourth-order valence-electron chi connectivity index (χ4n) is 4.97. The maximum atomic E-state index is 14.1. The van der Waals surface area contributed by atoms with Crippen LogP contribution in [0.1, 0.15) is 28.8 Å². The number of ether oxygens (including phenoxy) is 1. The maximum absolute atomic E-state index is 14.1. The summed E-state index contributed by atoms with van der Waals surface area (Å²) in [5, 5.41) is 47.9. The Balaban J connectivity index is 1.44. The minimum Gasteiger partial charge on any atom is -0.394 e. The zero-order chi connectivity index (χ0) is 30.8. The lowest BCUT2D eigenvalue weighted by Crippen LogP contribution is -2.53. The highest BCUT2D eigenvalue weighted by Gasteiger charge is 2.50. The molecule has 0 unspecified atom stereocenters. The Labute approximate surface area is 250 Å². The molecular formula is C25H19BrF5N7O4S. The molecule has 43 heavy (non-hydrogen) atoms. The molecule has 226 valence electrons. The summed E-state index contributed by atoms with van der Waals surface area (Å²) in [5.74, 6) is -3.69. The van der Waals surface area contributed by atoms with Gasteiger partial charge in [0.15, 0.2) is 5.82 Å². The predicted octanol–water partition coefficient (Wildman–Crippen LogP) is 3.90. The van der Waals surface area contributed by atoms with Crippen molar-refractivity contribution >= 4 is 37.5 Å². The number of benzene rings is 2. The quantitative estimate of drug-likeness (QED) is 0.185. The lowest BCUT2D eigenvalue weighted by atomic mass is 9.92. The summed E-state index contributed by atoms with van der Waals surface area (Å²) in [6.45, 7) is 0.958. The third-order valence-corrected chi connectivity index (χ3v) is 8.61. The Kier molecular flexibility index (Phi) is 7.54. The monoisotopic (exact) mass is 687 g/mol. The molecule has 0 spiro atoms. The molecule has 1 aliphatic rings. The van der Waals surface area contributed by atoms with Gasteiger partial charge in [-0.3, -0.25) is 4.57 Å². The molecule has 3 N–H and O–H groups in total. The largest absolute Gasteiger partial charge is 0.452 e. The summed E-state index contributed by atoms with van der Waals surface area (Å²) in [4.78, 5) is 4.32. The molecule has 0 amide bonds. The van der Waals surface area contributed by atoms with E-state index in [4.69, 9.17) is 4.74 Å². The Morgan fingerprint density at radius 2 is 1.77 bits per heavy atom. The van der Waals surface area contributed by atoms with Crippen molar-refractivity contribution in [3.05, 3.63) is 69.3 Å². The summed E-state index contributed by atoms with van der Waals surface area (Å²) in [5.41, 5.74) is 0.521. The number of alkyl halides is 3. The van der Waals surface area contributed by atoms with Crippen molar-refractivity contribution in [1.29, 1.82) is 0 Å². The molecule has 5 aromatic rings. The van der Waals surface area contributed by atoms with Crippen LogP contribution in [0.15, 0.2) is 41.0 Å². The van der Waals surface area contributed by atoms with Gasteiger partial charge in [-0.1, -0.05) is 5.21 Å². The van der Waals surface area contributed by atoms with E-state index in [2.05, 4.69) is 41.4 Å². The number of hydrogen-bond donors (Lipinski definition) is 3. The molecule has 0 aliphatic carbocycles. The molecule has 1 fully saturated rings. The maximum Gasteiger partial charge on any atom is 0.452 e. The van der Waals surface area contributed by atoms with Crippen molar-refractivity contribution in [2.45, 2.75) is 43.6 Å². The van der Waals surface area contributed by atoms with Crippen LogP contribution in [-0.4, -0.2) is 75.0 Å². The fraction of sp³-hybridized carbons (Fsp3) is 0.320. The Morgan fingerprint density at radius 1 is 1.05 bits per heavy atom. The Morgan fingerprint density at radius 3 is 2.44 bits per heavy atom. The first-order valence-corrected chi connectivity index (χ1v) is 14.1. The highest BCUT2D eigenvalue weighted by atomic mass is 79.9. The van der Waals surface area contributed by atoms with Crippen LogP contribution in [0.2, 0.25) is 0 Å². The number of aromatic nitrogens is 7. The van der Waals surface area contributed by atoms with Crippen LogP contribution in [0.25, 0.3) is 27.2 Å². The Hall–Kier alpha value is -3.42. The lowest BCUT2D eigenvalue weighted by molar-refractivity contribution is -0.211. The lowest BCUT2D eigenvalue weighted by Gasteiger charge is -2.41. The normalized spacial score (nSPS) is 22.9. The number of aryl methyl sites for hydroxylation is 1. The number of thiazole rings is 1. The van der Waals surface area contributed by atoms with E-state index in [1.807, 2.05) is 0 Å². The highest BCUT2D eigenvalue weighted by molar-refractivity contribution is 9.10. The van der Waals surface area contributed by atoms with Crippen LogP contribution in [0.5, 0.6) is 0 Å². The highest BCUT2D eigenvalue weighted by Crippen LogP contribution is 2.41. The molecule has 4 heterocycles. The van der Waals surface area contributed by atoms with Crippen molar-refractivity contribution in [2.24, 2.45) is 0 Å². The average molecular weight is 688 g/mol. The van der Waals surface area contributed by atoms with Gasteiger partial charge in [0, 0.05) is 5.56 Å². The van der Waals surface area contributed by atoms with Crippen LogP contribution in [0.3, 0.4) is 0 Å². The molecule has 6 rings (SSSR count). The van der Waals surface area contributed by atoms with E-state index in [1.54, 1.807) is 6.92 Å². The first-order chi connectivity index (χ1) is 20.4. The molecule has 5 atom stereocenters. The van der Waals surface area contributed by atoms with Crippen molar-refractivity contribution in [3.63, 3.8) is 0 Å². The van der Waals surface area contributed by atoms with E-state index in [0.29, 0.717) is 19.8 Å². The molecule has 0 saturated carbocycles. The average Bonchev–Trinajstić information content (AvgIpc) is 3.69. The van der Waals surface area contributed by atoms with E-state index in [9.17, 15) is 37.3 Å². The van der Waals surface area contributed by atoms with Gasteiger partial charge in [0.1, 0.15) is 47.8 Å². The van der Waals surface area contributed by atoms with Gasteiger partial charge in [-0.25, -0.2) is 18.4 Å². The van der Waals surface area contributed by atoms with E-state index in [1.165, 1.54) is 35.7 Å². The van der Waals surface area contributed by atoms with Crippen molar-refractivity contribution < 1.29 is 42.0 Å². The number of hydrogen-bond acceptors (Lipinski definition) is 10. The second kappa shape index (κ2) is 10.9. The summed E-state index contributed by atoms with van der Waals surface area (Å²) >= 11 is 4.04. The summed E-state index contributed by atoms with van der Waals surface area (Å²) in [6.07, 6.45) is -10.3. The molecule has 18 heteroatoms. The second-order valence-corrected chi connectivity index (χ2v) is 11.7. The zero-order valence-electron chi connectivity index (χ0n) is 21.6. The first kappa shape index (κ1) is 29.6. The van der Waals surface area contributed by atoms with Gasteiger partial charge in [0.2, 0.25) is 5.82 Å². The van der Waals surface area contributed by atoms with Gasteiger partial charge in [0.05, 0.1) is 38.2 Å². The van der Waals surface area contributed by atoms with Gasteiger partial charge in [-0.2, -0.15) is 13.2 Å². The number of nitrogens with zero attached hydrogens (tertiary/aromatic N) is 7. The minimum absolute atomic E-state index is 0.00447. The number of halogens is 6. The van der Waals surface area contributed by atoms with Crippen LogP contribution in [0.4, 0.5) is 22.0 Å². The Bertz CT molecular complexity index is 1810. The summed E-state index contributed by atoms with van der Waals surface area (Å²) in [6, 6.07) is 4.90. The van der Waals surface area contributed by atoms with Gasteiger partial charge in [0.25, 0.3) is 0 Å². The SMILES string of the molecule is Cc1nc2ccc(-n3c([C@@H]4O[C@H](CO)[C@H](O)[C@H](n5cc(-c6cc(F)c(Br)c(F)c6)nn5)[C@H]4O)nnc3C(F)(F)F)cc2s1. The molecule has 3 aromatic heterocycles. The van der Waals surface area contributed by atoms with Gasteiger partial charge >= 0.3 is 6.18 Å². The van der Waals surface area contributed by atoms with E-state index in [0.717, 1.165) is 16.8 Å². The zero-order valence-corrected chi connectivity index (χ0v) is 24.0. The van der Waals surface area contributed by atoms with Crippen molar-refractivity contribution in [2.75, 3.05) is 6.61 Å². The smallest absolute Gasteiger partial charge is 0.394 e. The minimum atomic E-state index is -4.96. The van der Waals surface area contributed by atoms with E-state index < -0.39 is 66.5 Å². The number of rotatable bonds is 5. The second-order valence-electron chi connectivity index (χ2n) is 9.69. The van der Waals surface area contributed by atoms with Crippen LogP contribution in [-0.2, 0) is 10.9 Å². The van der Waals surface area contributed by atoms with E-state index >= 15 is 0 Å².